The molecule has 0 bridgehead atoms. The Morgan fingerprint density at radius 3 is 2.55 bits per heavy atom. The zero-order chi connectivity index (χ0) is 20.8. The van der Waals surface area contributed by atoms with Crippen molar-refractivity contribution in [3.05, 3.63) is 58.4 Å². The van der Waals surface area contributed by atoms with Gasteiger partial charge in [-0.3, -0.25) is 9.78 Å². The first-order valence-corrected chi connectivity index (χ1v) is 10.5. The van der Waals surface area contributed by atoms with E-state index in [-0.39, 0.29) is 29.4 Å². The molecule has 0 N–H and O–H groups in total. The minimum absolute atomic E-state index is 0.0294. The lowest BCUT2D eigenvalue weighted by molar-refractivity contribution is 0.383. The predicted octanol–water partition coefficient (Wildman–Crippen LogP) is 1.29. The number of anilines is 1. The highest BCUT2D eigenvalue weighted by Gasteiger charge is 2.31. The Morgan fingerprint density at radius 2 is 1.83 bits per heavy atom. The summed E-state index contributed by atoms with van der Waals surface area (Å²) in [6, 6.07) is 5.47. The van der Waals surface area contributed by atoms with Gasteiger partial charge in [0.05, 0.1) is 22.1 Å². The molecule has 0 atom stereocenters. The highest BCUT2D eigenvalue weighted by atomic mass is 32.2. The van der Waals surface area contributed by atoms with Crippen LogP contribution in [0.2, 0.25) is 0 Å². The van der Waals surface area contributed by atoms with Gasteiger partial charge in [0.1, 0.15) is 5.82 Å². The van der Waals surface area contributed by atoms with Crippen molar-refractivity contribution in [2.75, 3.05) is 31.1 Å². The van der Waals surface area contributed by atoms with Crippen LogP contribution in [0.25, 0.3) is 11.0 Å². The van der Waals surface area contributed by atoms with Gasteiger partial charge in [0.15, 0.2) is 5.82 Å². The number of fused-ring (bicyclic) bond motifs is 1. The summed E-state index contributed by atoms with van der Waals surface area (Å²) >= 11 is 0. The molecule has 29 heavy (non-hydrogen) atoms. The first-order chi connectivity index (χ1) is 13.8. The summed E-state index contributed by atoms with van der Waals surface area (Å²) in [5, 5.41) is 0. The van der Waals surface area contributed by atoms with Crippen molar-refractivity contribution in [2.24, 2.45) is 7.05 Å². The summed E-state index contributed by atoms with van der Waals surface area (Å²) in [6.07, 6.45) is 3.19. The van der Waals surface area contributed by atoms with Crippen molar-refractivity contribution >= 4 is 26.9 Å². The second kappa shape index (κ2) is 7.20. The maximum absolute atomic E-state index is 13.6. The van der Waals surface area contributed by atoms with Gasteiger partial charge >= 0.3 is 0 Å². The van der Waals surface area contributed by atoms with Crippen molar-refractivity contribution in [3.8, 4) is 0 Å². The molecule has 4 rings (SSSR count). The van der Waals surface area contributed by atoms with Gasteiger partial charge in [0.25, 0.3) is 5.56 Å². The van der Waals surface area contributed by atoms with E-state index in [9.17, 15) is 17.6 Å². The highest BCUT2D eigenvalue weighted by Crippen LogP contribution is 2.23. The van der Waals surface area contributed by atoms with Gasteiger partial charge in [-0.15, -0.1) is 0 Å². The predicted molar refractivity (Wildman–Crippen MR) is 107 cm³/mol. The lowest BCUT2D eigenvalue weighted by Gasteiger charge is -2.34. The molecule has 1 aliphatic rings. The Kier molecular flexibility index (Phi) is 4.83. The molecule has 0 aliphatic carbocycles. The average Bonchev–Trinajstić information content (AvgIpc) is 2.72. The monoisotopic (exact) mass is 417 g/mol. The van der Waals surface area contributed by atoms with Crippen LogP contribution < -0.4 is 10.5 Å². The molecule has 0 unspecified atom stereocenters. The number of pyridine rings is 1. The third kappa shape index (κ3) is 3.38. The Morgan fingerprint density at radius 1 is 1.10 bits per heavy atom. The van der Waals surface area contributed by atoms with Crippen LogP contribution in [0.15, 0.2) is 46.3 Å². The zero-order valence-corrected chi connectivity index (χ0v) is 16.9. The highest BCUT2D eigenvalue weighted by molar-refractivity contribution is 7.89. The summed E-state index contributed by atoms with van der Waals surface area (Å²) in [7, 11) is -2.16. The molecule has 0 spiro atoms. The quantitative estimate of drug-likeness (QED) is 0.638. The number of benzene rings is 1. The smallest absolute Gasteiger partial charge is 0.293 e. The van der Waals surface area contributed by atoms with Crippen LogP contribution in [0.5, 0.6) is 0 Å². The number of sulfonamides is 1. The summed E-state index contributed by atoms with van der Waals surface area (Å²) in [5.74, 6) is -0.309. The molecule has 8 nitrogen and oxygen atoms in total. The number of aromatic nitrogens is 3. The molecule has 3 aromatic rings. The van der Waals surface area contributed by atoms with E-state index >= 15 is 0 Å². The minimum Gasteiger partial charge on any atom is -0.349 e. The molecule has 3 heterocycles. The fraction of sp³-hybridized carbons (Fsp3) is 0.316. The molecular formula is C19H20FN5O3S. The topological polar surface area (TPSA) is 88.4 Å². The van der Waals surface area contributed by atoms with Gasteiger partial charge in [-0.25, -0.2) is 17.8 Å². The van der Waals surface area contributed by atoms with Crippen molar-refractivity contribution in [2.45, 2.75) is 11.8 Å². The van der Waals surface area contributed by atoms with Crippen LogP contribution in [0.3, 0.4) is 0 Å². The first-order valence-electron chi connectivity index (χ1n) is 9.11. The first kappa shape index (κ1) is 19.5. The molecule has 1 aromatic carbocycles. The summed E-state index contributed by atoms with van der Waals surface area (Å²) in [5.41, 5.74) is 1.50. The maximum atomic E-state index is 13.6. The third-order valence-corrected chi connectivity index (χ3v) is 7.21. The van der Waals surface area contributed by atoms with E-state index in [4.69, 9.17) is 0 Å². The lowest BCUT2D eigenvalue weighted by atomic mass is 10.2. The lowest BCUT2D eigenvalue weighted by Crippen LogP contribution is -2.50. The van der Waals surface area contributed by atoms with Gasteiger partial charge in [-0.05, 0) is 30.7 Å². The molecule has 1 aliphatic heterocycles. The maximum Gasteiger partial charge on any atom is 0.293 e. The van der Waals surface area contributed by atoms with E-state index in [0.717, 1.165) is 6.07 Å². The summed E-state index contributed by atoms with van der Waals surface area (Å²) in [6.45, 7) is 2.62. The SMILES string of the molecule is Cc1ccc(F)cc1S(=O)(=O)N1CCN(c2nc3ccncc3n(C)c2=O)CC1. The van der Waals surface area contributed by atoms with Crippen LogP contribution in [0.4, 0.5) is 10.2 Å². The fourth-order valence-electron chi connectivity index (χ4n) is 3.49. The number of piperazine rings is 1. The van der Waals surface area contributed by atoms with Crippen molar-refractivity contribution in [1.29, 1.82) is 0 Å². The van der Waals surface area contributed by atoms with Crippen LogP contribution in [0, 0.1) is 12.7 Å². The molecule has 2 aromatic heterocycles. The van der Waals surface area contributed by atoms with E-state index in [1.807, 2.05) is 0 Å². The summed E-state index contributed by atoms with van der Waals surface area (Å²) < 4.78 is 42.3. The third-order valence-electron chi connectivity index (χ3n) is 5.17. The second-order valence-corrected chi connectivity index (χ2v) is 8.87. The minimum atomic E-state index is -3.82. The van der Waals surface area contributed by atoms with Gasteiger partial charge < -0.3 is 9.47 Å². The molecule has 0 amide bonds. The van der Waals surface area contributed by atoms with Crippen LogP contribution in [0.1, 0.15) is 5.56 Å². The molecule has 0 radical (unpaired) electrons. The molecule has 10 heteroatoms. The Labute approximate surface area is 167 Å². The molecule has 1 fully saturated rings. The number of aryl methyl sites for hydroxylation is 2. The number of nitrogens with zero attached hydrogens (tertiary/aromatic N) is 5. The van der Waals surface area contributed by atoms with E-state index in [0.29, 0.717) is 29.7 Å². The van der Waals surface area contributed by atoms with Gasteiger partial charge in [0.2, 0.25) is 10.0 Å². The molecule has 1 saturated heterocycles. The second-order valence-electron chi connectivity index (χ2n) is 6.96. The number of rotatable bonds is 3. The average molecular weight is 417 g/mol. The normalized spacial score (nSPS) is 15.8. The van der Waals surface area contributed by atoms with Crippen molar-refractivity contribution in [3.63, 3.8) is 0 Å². The largest absolute Gasteiger partial charge is 0.349 e. The molecule has 152 valence electrons. The van der Waals surface area contributed by atoms with E-state index < -0.39 is 15.8 Å². The van der Waals surface area contributed by atoms with Crippen LogP contribution >= 0.6 is 0 Å². The molecule has 0 saturated carbocycles. The van der Waals surface area contributed by atoms with E-state index in [1.54, 1.807) is 37.3 Å². The van der Waals surface area contributed by atoms with Crippen LogP contribution in [-0.4, -0.2) is 53.4 Å². The van der Waals surface area contributed by atoms with E-state index in [1.165, 1.54) is 21.0 Å². The summed E-state index contributed by atoms with van der Waals surface area (Å²) in [4.78, 5) is 23.0. The number of hydrogen-bond donors (Lipinski definition) is 0. The van der Waals surface area contributed by atoms with Gasteiger partial charge in [-0.2, -0.15) is 4.31 Å². The zero-order valence-electron chi connectivity index (χ0n) is 16.0. The van der Waals surface area contributed by atoms with Crippen LogP contribution in [-0.2, 0) is 17.1 Å². The Hall–Kier alpha value is -2.85. The van der Waals surface area contributed by atoms with Crippen molar-refractivity contribution in [1.82, 2.24) is 18.8 Å². The number of hydrogen-bond acceptors (Lipinski definition) is 6. The van der Waals surface area contributed by atoms with E-state index in [2.05, 4.69) is 9.97 Å². The standard InChI is InChI=1S/C19H20FN5O3S/c1-13-3-4-14(20)11-17(13)29(27,28)25-9-7-24(8-10-25)18-19(26)23(2)16-12-21-6-5-15(16)22-18/h3-6,11-12H,7-10H2,1-2H3. The Bertz CT molecular complexity index is 1250. The number of halogens is 1. The van der Waals surface area contributed by atoms with Crippen molar-refractivity contribution < 1.29 is 12.8 Å². The van der Waals surface area contributed by atoms with Gasteiger partial charge in [-0.1, -0.05) is 6.07 Å². The van der Waals surface area contributed by atoms with Gasteiger partial charge in [0, 0.05) is 39.4 Å². The Balaban J connectivity index is 1.60. The molecular weight excluding hydrogens is 397 g/mol. The fourth-order valence-corrected chi connectivity index (χ4v) is 5.15.